The molecule has 78 valence electrons. The van der Waals surface area contributed by atoms with E-state index in [0.717, 1.165) is 0 Å². The lowest BCUT2D eigenvalue weighted by molar-refractivity contribution is 0.0561. The van der Waals surface area contributed by atoms with E-state index >= 15 is 0 Å². The number of aliphatic hydroxyl groups is 1. The van der Waals surface area contributed by atoms with Crippen molar-refractivity contribution in [3.63, 3.8) is 0 Å². The zero-order valence-electron chi connectivity index (χ0n) is 8.47. The second kappa shape index (κ2) is 4.93. The van der Waals surface area contributed by atoms with Crippen LogP contribution >= 0.6 is 0 Å². The Morgan fingerprint density at radius 3 is 2.93 bits per heavy atom. The maximum absolute atomic E-state index is 9.80. The molecule has 0 spiro atoms. The molecule has 4 nitrogen and oxygen atoms in total. The van der Waals surface area contributed by atoms with Gasteiger partial charge in [0.15, 0.2) is 0 Å². The Labute approximate surface area is 83.7 Å². The molecule has 3 N–H and O–H groups in total. The van der Waals surface area contributed by atoms with Gasteiger partial charge in [0.2, 0.25) is 0 Å². The third kappa shape index (κ3) is 2.68. The van der Waals surface area contributed by atoms with Gasteiger partial charge in [-0.1, -0.05) is 6.07 Å². The fourth-order valence-electron chi connectivity index (χ4n) is 1.25. The van der Waals surface area contributed by atoms with E-state index in [1.54, 1.807) is 25.4 Å². The van der Waals surface area contributed by atoms with Crippen molar-refractivity contribution in [3.8, 4) is 0 Å². The largest absolute Gasteiger partial charge is 0.388 e. The summed E-state index contributed by atoms with van der Waals surface area (Å²) in [4.78, 5) is 3.91. The summed E-state index contributed by atoms with van der Waals surface area (Å²) in [6.07, 6.45) is 1.51. The summed E-state index contributed by atoms with van der Waals surface area (Å²) in [6.45, 7) is 1.90. The highest BCUT2D eigenvalue weighted by atomic mass is 16.5. The molecule has 1 rings (SSSR count). The van der Waals surface area contributed by atoms with Crippen LogP contribution < -0.4 is 5.73 Å². The first-order chi connectivity index (χ1) is 6.65. The first-order valence-corrected chi connectivity index (χ1v) is 4.56. The molecular formula is C10H16N2O2. The lowest BCUT2D eigenvalue weighted by atomic mass is 10.1. The lowest BCUT2D eigenvalue weighted by Gasteiger charge is -2.16. The van der Waals surface area contributed by atoms with Crippen molar-refractivity contribution >= 4 is 5.82 Å². The number of pyridine rings is 1. The number of anilines is 1. The highest BCUT2D eigenvalue weighted by Crippen LogP contribution is 2.22. The van der Waals surface area contributed by atoms with Crippen LogP contribution in [0.15, 0.2) is 18.3 Å². The third-order valence-electron chi connectivity index (χ3n) is 2.19. The van der Waals surface area contributed by atoms with Gasteiger partial charge >= 0.3 is 0 Å². The molecule has 4 heteroatoms. The highest BCUT2D eigenvalue weighted by molar-refractivity contribution is 5.39. The number of rotatable bonds is 4. The maximum atomic E-state index is 9.80. The molecule has 1 heterocycles. The van der Waals surface area contributed by atoms with Crippen LogP contribution in [0.1, 0.15) is 25.0 Å². The number of methoxy groups -OCH3 is 1. The van der Waals surface area contributed by atoms with E-state index in [2.05, 4.69) is 4.98 Å². The van der Waals surface area contributed by atoms with Crippen LogP contribution in [0.5, 0.6) is 0 Å². The Kier molecular flexibility index (Phi) is 3.85. The quantitative estimate of drug-likeness (QED) is 0.757. The number of ether oxygens (including phenoxy) is 1. The van der Waals surface area contributed by atoms with E-state index in [1.807, 2.05) is 6.92 Å². The van der Waals surface area contributed by atoms with Gasteiger partial charge in [-0.15, -0.1) is 0 Å². The van der Waals surface area contributed by atoms with Crippen molar-refractivity contribution in [2.75, 3.05) is 12.8 Å². The highest BCUT2D eigenvalue weighted by Gasteiger charge is 2.14. The number of aliphatic hydroxyl groups excluding tert-OH is 1. The number of hydrogen-bond acceptors (Lipinski definition) is 4. The molecule has 0 aliphatic rings. The van der Waals surface area contributed by atoms with E-state index in [1.165, 1.54) is 0 Å². The van der Waals surface area contributed by atoms with Crippen LogP contribution in [0, 0.1) is 0 Å². The van der Waals surface area contributed by atoms with Gasteiger partial charge in [-0.05, 0) is 13.0 Å². The fraction of sp³-hybridized carbons (Fsp3) is 0.500. The molecule has 1 aromatic rings. The third-order valence-corrected chi connectivity index (χ3v) is 2.19. The molecule has 0 saturated heterocycles. The minimum Gasteiger partial charge on any atom is -0.388 e. The van der Waals surface area contributed by atoms with Gasteiger partial charge in [-0.2, -0.15) is 0 Å². The summed E-state index contributed by atoms with van der Waals surface area (Å²) in [7, 11) is 1.62. The van der Waals surface area contributed by atoms with E-state index in [0.29, 0.717) is 17.8 Å². The van der Waals surface area contributed by atoms with Gasteiger partial charge < -0.3 is 15.6 Å². The smallest absolute Gasteiger partial charge is 0.129 e. The van der Waals surface area contributed by atoms with Crippen LogP contribution in [0.4, 0.5) is 5.82 Å². The van der Waals surface area contributed by atoms with Gasteiger partial charge in [0.25, 0.3) is 0 Å². The van der Waals surface area contributed by atoms with Gasteiger partial charge in [-0.3, -0.25) is 0 Å². The zero-order chi connectivity index (χ0) is 10.6. The summed E-state index contributed by atoms with van der Waals surface area (Å²) in [6, 6.07) is 3.53. The van der Waals surface area contributed by atoms with Crippen molar-refractivity contribution in [3.05, 3.63) is 23.9 Å². The topological polar surface area (TPSA) is 68.4 Å². The van der Waals surface area contributed by atoms with Crippen LogP contribution in [-0.4, -0.2) is 23.3 Å². The molecule has 1 aromatic heterocycles. The number of hydrogen-bond donors (Lipinski definition) is 2. The molecule has 0 fully saturated rings. The average molecular weight is 196 g/mol. The SMILES string of the molecule is COC(C)CC(O)c1cccnc1N. The minimum atomic E-state index is -0.612. The maximum Gasteiger partial charge on any atom is 0.129 e. The van der Waals surface area contributed by atoms with Crippen LogP contribution in [-0.2, 0) is 4.74 Å². The van der Waals surface area contributed by atoms with Crippen molar-refractivity contribution < 1.29 is 9.84 Å². The summed E-state index contributed by atoms with van der Waals surface area (Å²) < 4.78 is 5.06. The van der Waals surface area contributed by atoms with E-state index in [9.17, 15) is 5.11 Å². The van der Waals surface area contributed by atoms with Gasteiger partial charge in [0, 0.05) is 25.3 Å². The summed E-state index contributed by atoms with van der Waals surface area (Å²) >= 11 is 0. The monoisotopic (exact) mass is 196 g/mol. The summed E-state index contributed by atoms with van der Waals surface area (Å²) in [5, 5.41) is 9.80. The van der Waals surface area contributed by atoms with Crippen molar-refractivity contribution in [1.82, 2.24) is 4.98 Å². The lowest BCUT2D eigenvalue weighted by Crippen LogP contribution is -2.12. The van der Waals surface area contributed by atoms with Crippen LogP contribution in [0.2, 0.25) is 0 Å². The van der Waals surface area contributed by atoms with Crippen LogP contribution in [0.3, 0.4) is 0 Å². The molecule has 0 bridgehead atoms. The molecule has 0 amide bonds. The number of nitrogen functional groups attached to an aromatic ring is 1. The Hall–Kier alpha value is -1.13. The number of nitrogens with zero attached hydrogens (tertiary/aromatic N) is 1. The Balaban J connectivity index is 2.69. The molecule has 14 heavy (non-hydrogen) atoms. The second-order valence-corrected chi connectivity index (χ2v) is 3.28. The summed E-state index contributed by atoms with van der Waals surface area (Å²) in [5.74, 6) is 0.378. The molecular weight excluding hydrogens is 180 g/mol. The Bertz CT molecular complexity index is 291. The molecule has 0 saturated carbocycles. The zero-order valence-corrected chi connectivity index (χ0v) is 8.47. The Morgan fingerprint density at radius 2 is 2.36 bits per heavy atom. The van der Waals surface area contributed by atoms with Crippen LogP contribution in [0.25, 0.3) is 0 Å². The van der Waals surface area contributed by atoms with E-state index in [4.69, 9.17) is 10.5 Å². The van der Waals surface area contributed by atoms with Crippen molar-refractivity contribution in [2.45, 2.75) is 25.6 Å². The average Bonchev–Trinajstić information content (AvgIpc) is 2.18. The second-order valence-electron chi connectivity index (χ2n) is 3.28. The molecule has 2 unspecified atom stereocenters. The molecule has 0 aromatic carbocycles. The molecule has 0 radical (unpaired) electrons. The van der Waals surface area contributed by atoms with Gasteiger partial charge in [0.1, 0.15) is 5.82 Å². The first-order valence-electron chi connectivity index (χ1n) is 4.56. The van der Waals surface area contributed by atoms with Gasteiger partial charge in [0.05, 0.1) is 12.2 Å². The van der Waals surface area contributed by atoms with Gasteiger partial charge in [-0.25, -0.2) is 4.98 Å². The summed E-state index contributed by atoms with van der Waals surface area (Å²) in [5.41, 5.74) is 6.29. The predicted octanol–water partition coefficient (Wildman–Crippen LogP) is 1.12. The molecule has 0 aliphatic heterocycles. The standard InChI is InChI=1S/C10H16N2O2/c1-7(14-2)6-9(13)8-4-3-5-12-10(8)11/h3-5,7,9,13H,6H2,1-2H3,(H2,11,12). The van der Waals surface area contributed by atoms with E-state index < -0.39 is 6.10 Å². The van der Waals surface area contributed by atoms with E-state index in [-0.39, 0.29) is 6.10 Å². The molecule has 0 aliphatic carbocycles. The Morgan fingerprint density at radius 1 is 1.64 bits per heavy atom. The normalized spacial score (nSPS) is 15.1. The number of aromatic nitrogens is 1. The van der Waals surface area contributed by atoms with Crippen molar-refractivity contribution in [2.24, 2.45) is 0 Å². The predicted molar refractivity (Wildman–Crippen MR) is 54.7 cm³/mol. The van der Waals surface area contributed by atoms with Crippen molar-refractivity contribution in [1.29, 1.82) is 0 Å². The fourth-order valence-corrected chi connectivity index (χ4v) is 1.25. The number of nitrogens with two attached hydrogens (primary N) is 1. The molecule has 2 atom stereocenters. The minimum absolute atomic E-state index is 0.00426. The first kappa shape index (κ1) is 10.9.